The van der Waals surface area contributed by atoms with Crippen molar-refractivity contribution < 1.29 is 28.5 Å². The summed E-state index contributed by atoms with van der Waals surface area (Å²) in [6, 6.07) is 14.2. The number of rotatable bonds is 5. The van der Waals surface area contributed by atoms with E-state index >= 15 is 0 Å². The Morgan fingerprint density at radius 3 is 2.34 bits per heavy atom. The molecule has 3 aromatic carbocycles. The zero-order valence-electron chi connectivity index (χ0n) is 17.0. The number of esters is 1. The molecule has 0 aromatic heterocycles. The molecule has 1 heterocycles. The molecule has 0 saturated heterocycles. The lowest BCUT2D eigenvalue weighted by Crippen LogP contribution is -2.09. The summed E-state index contributed by atoms with van der Waals surface area (Å²) in [4.78, 5) is 25.3. The first-order chi connectivity index (χ1) is 15.4. The number of benzene rings is 3. The second kappa shape index (κ2) is 8.94. The topological polar surface area (TPSA) is 71.1 Å². The summed E-state index contributed by atoms with van der Waals surface area (Å²) in [6.45, 7) is 0. The third kappa shape index (κ3) is 4.15. The summed E-state index contributed by atoms with van der Waals surface area (Å²) in [6.07, 6.45) is 1.49. The molecular formula is C24H16Cl2O6. The van der Waals surface area contributed by atoms with Gasteiger partial charge in [-0.05, 0) is 48.5 Å². The smallest absolute Gasteiger partial charge is 0.343 e. The average Bonchev–Trinajstić information content (AvgIpc) is 3.10. The maximum absolute atomic E-state index is 12.7. The standard InChI is InChI=1S/C24H16Cl2O6/c1-29-19-9-6-13(10-21(19)30-2)24(28)31-14-7-8-15-20(11-14)32-22(23(15)27)12-16-17(25)4-3-5-18(16)26/h3-12H,1-2H3/b22-12-. The number of carbonyl (C=O) groups excluding carboxylic acids is 2. The zero-order chi connectivity index (χ0) is 22.8. The maximum atomic E-state index is 12.7. The van der Waals surface area contributed by atoms with Crippen molar-refractivity contribution in [2.75, 3.05) is 14.2 Å². The SMILES string of the molecule is COc1ccc(C(=O)Oc2ccc3c(c2)O/C(=C\c2c(Cl)cccc2Cl)C3=O)cc1OC. The van der Waals surface area contributed by atoms with Crippen LogP contribution in [0.15, 0.2) is 60.4 Å². The van der Waals surface area contributed by atoms with Crippen molar-refractivity contribution in [3.8, 4) is 23.0 Å². The predicted octanol–water partition coefficient (Wildman–Crippen LogP) is 5.85. The monoisotopic (exact) mass is 470 g/mol. The molecule has 8 heteroatoms. The lowest BCUT2D eigenvalue weighted by molar-refractivity contribution is 0.0734. The zero-order valence-corrected chi connectivity index (χ0v) is 18.5. The normalized spacial score (nSPS) is 13.5. The van der Waals surface area contributed by atoms with Crippen LogP contribution in [0, 0.1) is 0 Å². The van der Waals surface area contributed by atoms with E-state index in [0.29, 0.717) is 32.7 Å². The van der Waals surface area contributed by atoms with Gasteiger partial charge in [-0.1, -0.05) is 29.3 Å². The fourth-order valence-corrected chi connectivity index (χ4v) is 3.65. The number of carbonyl (C=O) groups is 2. The first-order valence-corrected chi connectivity index (χ1v) is 10.1. The van der Waals surface area contributed by atoms with Gasteiger partial charge in [-0.2, -0.15) is 0 Å². The van der Waals surface area contributed by atoms with Crippen molar-refractivity contribution in [3.63, 3.8) is 0 Å². The van der Waals surface area contributed by atoms with Gasteiger partial charge < -0.3 is 18.9 Å². The van der Waals surface area contributed by atoms with E-state index in [0.717, 1.165) is 0 Å². The molecule has 6 nitrogen and oxygen atoms in total. The predicted molar refractivity (Wildman–Crippen MR) is 120 cm³/mol. The molecule has 0 unspecified atom stereocenters. The molecule has 0 saturated carbocycles. The van der Waals surface area contributed by atoms with Crippen LogP contribution in [0.3, 0.4) is 0 Å². The Balaban J connectivity index is 1.57. The van der Waals surface area contributed by atoms with Crippen LogP contribution in [0.2, 0.25) is 10.0 Å². The Hall–Kier alpha value is -3.48. The van der Waals surface area contributed by atoms with Crippen molar-refractivity contribution in [1.82, 2.24) is 0 Å². The molecule has 162 valence electrons. The van der Waals surface area contributed by atoms with Gasteiger partial charge in [-0.3, -0.25) is 4.79 Å². The van der Waals surface area contributed by atoms with Crippen LogP contribution >= 0.6 is 23.2 Å². The molecule has 0 radical (unpaired) electrons. The van der Waals surface area contributed by atoms with Crippen LogP contribution in [-0.2, 0) is 0 Å². The van der Waals surface area contributed by atoms with Crippen molar-refractivity contribution in [1.29, 1.82) is 0 Å². The van der Waals surface area contributed by atoms with E-state index < -0.39 is 5.97 Å². The molecule has 0 N–H and O–H groups in total. The molecule has 4 rings (SSSR count). The maximum Gasteiger partial charge on any atom is 0.343 e. The Bertz CT molecular complexity index is 1250. The van der Waals surface area contributed by atoms with Crippen LogP contribution in [0.4, 0.5) is 0 Å². The van der Waals surface area contributed by atoms with Gasteiger partial charge >= 0.3 is 5.97 Å². The fourth-order valence-electron chi connectivity index (χ4n) is 3.14. The highest BCUT2D eigenvalue weighted by molar-refractivity contribution is 6.37. The molecule has 1 aliphatic rings. The second-order valence-corrected chi connectivity index (χ2v) is 7.51. The highest BCUT2D eigenvalue weighted by Crippen LogP contribution is 2.37. The summed E-state index contributed by atoms with van der Waals surface area (Å²) in [5.74, 6) is 0.514. The van der Waals surface area contributed by atoms with Gasteiger partial charge in [0.2, 0.25) is 5.78 Å². The van der Waals surface area contributed by atoms with Gasteiger partial charge in [0.1, 0.15) is 11.5 Å². The fraction of sp³-hybridized carbons (Fsp3) is 0.0833. The minimum absolute atomic E-state index is 0.0679. The van der Waals surface area contributed by atoms with Crippen molar-refractivity contribution >= 4 is 41.0 Å². The van der Waals surface area contributed by atoms with Crippen LogP contribution in [0.25, 0.3) is 6.08 Å². The van der Waals surface area contributed by atoms with E-state index in [2.05, 4.69) is 0 Å². The largest absolute Gasteiger partial charge is 0.493 e. The van der Waals surface area contributed by atoms with Crippen LogP contribution < -0.4 is 18.9 Å². The Morgan fingerprint density at radius 2 is 1.66 bits per heavy atom. The summed E-state index contributed by atoms with van der Waals surface area (Å²) < 4.78 is 21.5. The third-order valence-electron chi connectivity index (χ3n) is 4.75. The molecule has 0 spiro atoms. The first kappa shape index (κ1) is 21.7. The molecule has 0 amide bonds. The molecular weight excluding hydrogens is 455 g/mol. The number of Topliss-reactive ketones (excluding diaryl/α,β-unsaturated/α-hetero) is 1. The third-order valence-corrected chi connectivity index (χ3v) is 5.41. The molecule has 0 atom stereocenters. The van der Waals surface area contributed by atoms with Crippen molar-refractivity contribution in [3.05, 3.63) is 87.1 Å². The number of allylic oxidation sites excluding steroid dienone is 1. The van der Waals surface area contributed by atoms with E-state index in [1.54, 1.807) is 30.3 Å². The number of ketones is 1. The molecule has 0 fully saturated rings. The summed E-state index contributed by atoms with van der Waals surface area (Å²) in [7, 11) is 2.98. The Labute approximate surface area is 193 Å². The van der Waals surface area contributed by atoms with Gasteiger partial charge in [0, 0.05) is 21.7 Å². The summed E-state index contributed by atoms with van der Waals surface area (Å²) in [5.41, 5.74) is 1.09. The van der Waals surface area contributed by atoms with E-state index in [1.165, 1.54) is 44.6 Å². The molecule has 3 aromatic rings. The quantitative estimate of drug-likeness (QED) is 0.264. The van der Waals surface area contributed by atoms with Gasteiger partial charge in [0.15, 0.2) is 17.3 Å². The van der Waals surface area contributed by atoms with Crippen LogP contribution in [0.5, 0.6) is 23.0 Å². The van der Waals surface area contributed by atoms with Crippen LogP contribution in [0.1, 0.15) is 26.3 Å². The highest BCUT2D eigenvalue weighted by atomic mass is 35.5. The van der Waals surface area contributed by atoms with E-state index in [-0.39, 0.29) is 28.6 Å². The Morgan fingerprint density at radius 1 is 0.938 bits per heavy atom. The number of hydrogen-bond acceptors (Lipinski definition) is 6. The lowest BCUT2D eigenvalue weighted by atomic mass is 10.1. The number of hydrogen-bond donors (Lipinski definition) is 0. The number of methoxy groups -OCH3 is 2. The average molecular weight is 471 g/mol. The molecule has 1 aliphatic heterocycles. The van der Waals surface area contributed by atoms with E-state index in [4.69, 9.17) is 42.1 Å². The second-order valence-electron chi connectivity index (χ2n) is 6.69. The number of ether oxygens (including phenoxy) is 4. The van der Waals surface area contributed by atoms with Gasteiger partial charge in [-0.15, -0.1) is 0 Å². The van der Waals surface area contributed by atoms with Crippen molar-refractivity contribution in [2.45, 2.75) is 0 Å². The number of halogens is 2. The van der Waals surface area contributed by atoms with Gasteiger partial charge in [0.25, 0.3) is 0 Å². The minimum Gasteiger partial charge on any atom is -0.493 e. The van der Waals surface area contributed by atoms with Crippen molar-refractivity contribution in [2.24, 2.45) is 0 Å². The lowest BCUT2D eigenvalue weighted by Gasteiger charge is -2.10. The van der Waals surface area contributed by atoms with E-state index in [1.807, 2.05) is 0 Å². The molecule has 32 heavy (non-hydrogen) atoms. The van der Waals surface area contributed by atoms with Gasteiger partial charge in [0.05, 0.1) is 25.3 Å². The highest BCUT2D eigenvalue weighted by Gasteiger charge is 2.28. The molecule has 0 aliphatic carbocycles. The van der Waals surface area contributed by atoms with E-state index in [9.17, 15) is 9.59 Å². The molecule has 0 bridgehead atoms. The Kier molecular flexibility index (Phi) is 6.08. The first-order valence-electron chi connectivity index (χ1n) is 9.37. The van der Waals surface area contributed by atoms with Gasteiger partial charge in [-0.25, -0.2) is 4.79 Å². The summed E-state index contributed by atoms with van der Waals surface area (Å²) >= 11 is 12.4. The summed E-state index contributed by atoms with van der Waals surface area (Å²) in [5, 5.41) is 0.781. The number of fused-ring (bicyclic) bond motifs is 1. The minimum atomic E-state index is -0.603. The van der Waals surface area contributed by atoms with Crippen LogP contribution in [-0.4, -0.2) is 26.0 Å².